The lowest BCUT2D eigenvalue weighted by Crippen LogP contribution is -2.38. The summed E-state index contributed by atoms with van der Waals surface area (Å²) in [6.45, 7) is 2.71. The first-order valence-electron chi connectivity index (χ1n) is 6.77. The van der Waals surface area contributed by atoms with Crippen LogP contribution in [0, 0.1) is 0 Å². The number of nitrogens with zero attached hydrogens (tertiary/aromatic N) is 1. The summed E-state index contributed by atoms with van der Waals surface area (Å²) >= 11 is 7.59. The maximum atomic E-state index is 11.1. The van der Waals surface area contributed by atoms with Gasteiger partial charge in [0.1, 0.15) is 0 Å². The lowest BCUT2D eigenvalue weighted by atomic mass is 10.1. The summed E-state index contributed by atoms with van der Waals surface area (Å²) in [5, 5.41) is 11.9. The van der Waals surface area contributed by atoms with Crippen LogP contribution in [0.1, 0.15) is 17.4 Å². The van der Waals surface area contributed by atoms with E-state index >= 15 is 0 Å². The van der Waals surface area contributed by atoms with E-state index in [2.05, 4.69) is 13.0 Å². The van der Waals surface area contributed by atoms with Gasteiger partial charge in [-0.2, -0.15) is 0 Å². The average molecular weight is 324 g/mol. The van der Waals surface area contributed by atoms with Crippen molar-refractivity contribution in [3.05, 3.63) is 57.2 Å². The van der Waals surface area contributed by atoms with Gasteiger partial charge in [-0.15, -0.1) is 11.3 Å². The van der Waals surface area contributed by atoms with Gasteiger partial charge in [-0.25, -0.2) is 0 Å². The van der Waals surface area contributed by atoms with Crippen LogP contribution in [0.2, 0.25) is 5.02 Å². The fourth-order valence-electron chi connectivity index (χ4n) is 2.21. The van der Waals surface area contributed by atoms with Crippen LogP contribution in [-0.4, -0.2) is 28.6 Å². The predicted octanol–water partition coefficient (Wildman–Crippen LogP) is 3.92. The number of aliphatic carboxylic acids is 1. The SMILES string of the molecule is C[C@H](Cc1cccs1)N(CC(=O)O)Cc1ccc(Cl)cc1. The quantitative estimate of drug-likeness (QED) is 0.839. The number of hydrogen-bond acceptors (Lipinski definition) is 3. The zero-order valence-corrected chi connectivity index (χ0v) is 13.4. The van der Waals surface area contributed by atoms with E-state index in [0.717, 1.165) is 12.0 Å². The summed E-state index contributed by atoms with van der Waals surface area (Å²) in [4.78, 5) is 14.4. The molecule has 5 heteroatoms. The highest BCUT2D eigenvalue weighted by molar-refractivity contribution is 7.09. The van der Waals surface area contributed by atoms with Crippen molar-refractivity contribution in [1.82, 2.24) is 4.90 Å². The van der Waals surface area contributed by atoms with Gasteiger partial charge in [0, 0.05) is 22.5 Å². The van der Waals surface area contributed by atoms with E-state index in [4.69, 9.17) is 16.7 Å². The Hall–Kier alpha value is -1.36. The molecule has 0 aliphatic carbocycles. The molecule has 3 nitrogen and oxygen atoms in total. The Morgan fingerprint density at radius 2 is 2.05 bits per heavy atom. The van der Waals surface area contributed by atoms with Gasteiger partial charge in [-0.3, -0.25) is 9.69 Å². The lowest BCUT2D eigenvalue weighted by molar-refractivity contribution is -0.139. The van der Waals surface area contributed by atoms with Crippen LogP contribution in [0.3, 0.4) is 0 Å². The second-order valence-electron chi connectivity index (χ2n) is 5.06. The van der Waals surface area contributed by atoms with Gasteiger partial charge in [0.05, 0.1) is 6.54 Å². The van der Waals surface area contributed by atoms with Crippen molar-refractivity contribution in [2.45, 2.75) is 25.9 Å². The Morgan fingerprint density at radius 1 is 1.33 bits per heavy atom. The molecule has 0 amide bonds. The Bertz CT molecular complexity index is 568. The molecule has 0 aliphatic heterocycles. The van der Waals surface area contributed by atoms with Gasteiger partial charge >= 0.3 is 5.97 Å². The fourth-order valence-corrected chi connectivity index (χ4v) is 3.17. The van der Waals surface area contributed by atoms with Gasteiger partial charge in [-0.1, -0.05) is 29.8 Å². The second kappa shape index (κ2) is 7.59. The number of benzene rings is 1. The first-order valence-corrected chi connectivity index (χ1v) is 8.03. The minimum absolute atomic E-state index is 0.0369. The van der Waals surface area contributed by atoms with E-state index < -0.39 is 5.97 Å². The molecule has 2 rings (SSSR count). The molecule has 1 atom stereocenters. The Labute approximate surface area is 133 Å². The predicted molar refractivity (Wildman–Crippen MR) is 87.0 cm³/mol. The zero-order valence-electron chi connectivity index (χ0n) is 11.8. The third kappa shape index (κ3) is 5.16. The van der Waals surface area contributed by atoms with Gasteiger partial charge in [0.2, 0.25) is 0 Å². The zero-order chi connectivity index (χ0) is 15.2. The van der Waals surface area contributed by atoms with E-state index in [0.29, 0.717) is 11.6 Å². The van der Waals surface area contributed by atoms with Crippen LogP contribution in [0.25, 0.3) is 0 Å². The molecule has 0 aliphatic rings. The topological polar surface area (TPSA) is 40.5 Å². The highest BCUT2D eigenvalue weighted by atomic mass is 35.5. The summed E-state index contributed by atoms with van der Waals surface area (Å²) in [6, 6.07) is 11.8. The molecule has 1 N–H and O–H groups in total. The van der Waals surface area contributed by atoms with Crippen molar-refractivity contribution in [2.24, 2.45) is 0 Å². The largest absolute Gasteiger partial charge is 0.480 e. The van der Waals surface area contributed by atoms with Gasteiger partial charge in [-0.05, 0) is 42.5 Å². The van der Waals surface area contributed by atoms with Gasteiger partial charge in [0.25, 0.3) is 0 Å². The third-order valence-electron chi connectivity index (χ3n) is 3.34. The monoisotopic (exact) mass is 323 g/mol. The van der Waals surface area contributed by atoms with E-state index in [1.165, 1.54) is 4.88 Å². The minimum atomic E-state index is -0.804. The van der Waals surface area contributed by atoms with Crippen molar-refractivity contribution >= 4 is 28.9 Å². The first kappa shape index (κ1) is 16.0. The van der Waals surface area contributed by atoms with Crippen LogP contribution in [-0.2, 0) is 17.8 Å². The Kier molecular flexibility index (Phi) is 5.79. The third-order valence-corrected chi connectivity index (χ3v) is 4.49. The molecular weight excluding hydrogens is 306 g/mol. The van der Waals surface area contributed by atoms with Crippen molar-refractivity contribution in [2.75, 3.05) is 6.54 Å². The second-order valence-corrected chi connectivity index (χ2v) is 6.53. The molecule has 21 heavy (non-hydrogen) atoms. The maximum Gasteiger partial charge on any atom is 0.317 e. The number of hydrogen-bond donors (Lipinski definition) is 1. The Morgan fingerprint density at radius 3 is 2.62 bits per heavy atom. The number of rotatable bonds is 7. The normalized spacial score (nSPS) is 12.5. The highest BCUT2D eigenvalue weighted by Gasteiger charge is 2.18. The maximum absolute atomic E-state index is 11.1. The molecule has 0 unspecified atom stereocenters. The van der Waals surface area contributed by atoms with E-state index in [1.54, 1.807) is 11.3 Å². The molecule has 1 heterocycles. The minimum Gasteiger partial charge on any atom is -0.480 e. The average Bonchev–Trinajstić information content (AvgIpc) is 2.93. The van der Waals surface area contributed by atoms with Crippen LogP contribution in [0.15, 0.2) is 41.8 Å². The first-order chi connectivity index (χ1) is 10.0. The van der Waals surface area contributed by atoms with Gasteiger partial charge in [0.15, 0.2) is 0 Å². The van der Waals surface area contributed by atoms with Crippen LogP contribution in [0.4, 0.5) is 0 Å². The number of carboxylic acids is 1. The summed E-state index contributed by atoms with van der Waals surface area (Å²) in [5.41, 5.74) is 1.07. The van der Waals surface area contributed by atoms with Crippen LogP contribution < -0.4 is 0 Å². The molecule has 1 aromatic heterocycles. The fraction of sp³-hybridized carbons (Fsp3) is 0.312. The molecule has 1 aromatic carbocycles. The molecule has 0 saturated carbocycles. The van der Waals surface area contributed by atoms with Crippen molar-refractivity contribution in [3.8, 4) is 0 Å². The standard InChI is InChI=1S/C16H18ClNO2S/c1-12(9-15-3-2-8-21-15)18(11-16(19)20)10-13-4-6-14(17)7-5-13/h2-8,12H,9-11H2,1H3,(H,19,20)/t12-/m1/s1. The molecule has 0 saturated heterocycles. The summed E-state index contributed by atoms with van der Waals surface area (Å²) < 4.78 is 0. The molecular formula is C16H18ClNO2S. The van der Waals surface area contributed by atoms with E-state index in [-0.39, 0.29) is 12.6 Å². The smallest absolute Gasteiger partial charge is 0.317 e. The van der Waals surface area contributed by atoms with Crippen molar-refractivity contribution in [3.63, 3.8) is 0 Å². The molecule has 0 radical (unpaired) electrons. The summed E-state index contributed by atoms with van der Waals surface area (Å²) in [6.07, 6.45) is 0.860. The van der Waals surface area contributed by atoms with Crippen molar-refractivity contribution < 1.29 is 9.90 Å². The van der Waals surface area contributed by atoms with Crippen LogP contribution in [0.5, 0.6) is 0 Å². The highest BCUT2D eigenvalue weighted by Crippen LogP contribution is 2.17. The molecule has 112 valence electrons. The molecule has 0 bridgehead atoms. The van der Waals surface area contributed by atoms with E-state index in [1.807, 2.05) is 40.6 Å². The number of carbonyl (C=O) groups is 1. The summed E-state index contributed by atoms with van der Waals surface area (Å²) in [7, 11) is 0. The molecule has 2 aromatic rings. The lowest BCUT2D eigenvalue weighted by Gasteiger charge is -2.27. The van der Waals surface area contributed by atoms with Crippen molar-refractivity contribution in [1.29, 1.82) is 0 Å². The van der Waals surface area contributed by atoms with Gasteiger partial charge < -0.3 is 5.11 Å². The number of thiophene rings is 1. The number of halogens is 1. The van der Waals surface area contributed by atoms with E-state index in [9.17, 15) is 4.79 Å². The molecule has 0 spiro atoms. The van der Waals surface area contributed by atoms with Crippen LogP contribution >= 0.6 is 22.9 Å². The molecule has 0 fully saturated rings. The summed E-state index contributed by atoms with van der Waals surface area (Å²) in [5.74, 6) is -0.804. The number of carboxylic acid groups (broad SMARTS) is 1. The Balaban J connectivity index is 2.05.